The third-order valence-corrected chi connectivity index (χ3v) is 11.7. The highest BCUT2D eigenvalue weighted by atomic mass is 15.1. The monoisotopic (exact) mass is 712 g/mol. The number of nitrogens with zero attached hydrogens (tertiary/aromatic N) is 2. The van der Waals surface area contributed by atoms with E-state index in [4.69, 9.17) is 4.98 Å². The van der Waals surface area contributed by atoms with E-state index in [-0.39, 0.29) is 0 Å². The van der Waals surface area contributed by atoms with E-state index in [9.17, 15) is 0 Å². The second-order valence-electron chi connectivity index (χ2n) is 14.7. The molecule has 262 valence electrons. The fourth-order valence-electron chi connectivity index (χ4n) is 9.27. The van der Waals surface area contributed by atoms with E-state index in [1.165, 1.54) is 60.8 Å². The van der Waals surface area contributed by atoms with Crippen molar-refractivity contribution in [1.82, 2.24) is 9.55 Å². The van der Waals surface area contributed by atoms with Gasteiger partial charge in [0.15, 0.2) is 0 Å². The second-order valence-corrected chi connectivity index (χ2v) is 14.7. The van der Waals surface area contributed by atoms with Gasteiger partial charge in [0.2, 0.25) is 0 Å². The zero-order valence-electron chi connectivity index (χ0n) is 30.7. The van der Waals surface area contributed by atoms with Gasteiger partial charge in [-0.1, -0.05) is 182 Å². The Bertz CT molecular complexity index is 3010. The first-order valence-corrected chi connectivity index (χ1v) is 19.3. The number of rotatable bonds is 6. The van der Waals surface area contributed by atoms with Crippen LogP contribution in [0.2, 0.25) is 0 Å². The van der Waals surface area contributed by atoms with Crippen molar-refractivity contribution in [3.8, 4) is 50.5 Å². The molecule has 1 aromatic heterocycles. The molecule has 2 heteroatoms. The Labute approximate surface area is 326 Å². The fraction of sp³-hybridized carbons (Fsp3) is 0.0185. The van der Waals surface area contributed by atoms with Crippen LogP contribution in [0.1, 0.15) is 22.3 Å². The van der Waals surface area contributed by atoms with Crippen LogP contribution in [0.15, 0.2) is 218 Å². The summed E-state index contributed by atoms with van der Waals surface area (Å²) in [6.45, 7) is 0. The Hall–Kier alpha value is -7.29. The summed E-state index contributed by atoms with van der Waals surface area (Å²) in [5.74, 6) is 0.926. The first kappa shape index (κ1) is 32.2. The minimum Gasteiger partial charge on any atom is -0.292 e. The van der Waals surface area contributed by atoms with Crippen molar-refractivity contribution in [2.45, 2.75) is 5.41 Å². The van der Waals surface area contributed by atoms with E-state index < -0.39 is 5.41 Å². The molecule has 0 atom stereocenters. The molecule has 1 aliphatic rings. The van der Waals surface area contributed by atoms with Crippen molar-refractivity contribution in [3.05, 3.63) is 241 Å². The van der Waals surface area contributed by atoms with Gasteiger partial charge < -0.3 is 0 Å². The average molecular weight is 713 g/mol. The van der Waals surface area contributed by atoms with Crippen LogP contribution >= 0.6 is 0 Å². The van der Waals surface area contributed by atoms with Crippen LogP contribution in [0.5, 0.6) is 0 Å². The number of aromatic nitrogens is 2. The van der Waals surface area contributed by atoms with Gasteiger partial charge in [-0.15, -0.1) is 0 Å². The molecule has 10 aromatic rings. The molecule has 0 saturated carbocycles. The lowest BCUT2D eigenvalue weighted by atomic mass is 9.67. The van der Waals surface area contributed by atoms with Crippen LogP contribution in [-0.2, 0) is 5.41 Å². The second kappa shape index (κ2) is 12.9. The van der Waals surface area contributed by atoms with Crippen molar-refractivity contribution >= 4 is 21.8 Å². The first-order chi connectivity index (χ1) is 27.8. The molecule has 0 N–H and O–H groups in total. The highest BCUT2D eigenvalue weighted by Crippen LogP contribution is 2.58. The molecule has 1 heterocycles. The molecule has 9 aromatic carbocycles. The van der Waals surface area contributed by atoms with Gasteiger partial charge in [-0.05, 0) is 103 Å². The molecule has 11 rings (SSSR count). The van der Waals surface area contributed by atoms with Crippen molar-refractivity contribution in [2.75, 3.05) is 0 Å². The van der Waals surface area contributed by atoms with Gasteiger partial charge in [-0.2, -0.15) is 0 Å². The van der Waals surface area contributed by atoms with Gasteiger partial charge in [0.1, 0.15) is 5.82 Å². The topological polar surface area (TPSA) is 17.8 Å². The van der Waals surface area contributed by atoms with Gasteiger partial charge in [0.05, 0.1) is 16.4 Å². The highest BCUT2D eigenvalue weighted by molar-refractivity contribution is 6.03. The minimum atomic E-state index is -0.499. The molecule has 56 heavy (non-hydrogen) atoms. The molecule has 0 fully saturated rings. The summed E-state index contributed by atoms with van der Waals surface area (Å²) in [4.78, 5) is 5.18. The molecule has 0 amide bonds. The van der Waals surface area contributed by atoms with Gasteiger partial charge in [-0.25, -0.2) is 4.98 Å². The predicted molar refractivity (Wildman–Crippen MR) is 232 cm³/mol. The zero-order valence-corrected chi connectivity index (χ0v) is 30.7. The van der Waals surface area contributed by atoms with Crippen molar-refractivity contribution in [1.29, 1.82) is 0 Å². The van der Waals surface area contributed by atoms with Crippen LogP contribution in [0.25, 0.3) is 72.3 Å². The summed E-state index contributed by atoms with van der Waals surface area (Å²) >= 11 is 0. The van der Waals surface area contributed by atoms with E-state index in [0.717, 1.165) is 33.7 Å². The maximum absolute atomic E-state index is 5.18. The third-order valence-electron chi connectivity index (χ3n) is 11.7. The normalized spacial score (nSPS) is 12.8. The number of para-hydroxylation sites is 3. The molecule has 0 aliphatic heterocycles. The number of hydrogen-bond acceptors (Lipinski definition) is 1. The zero-order chi connectivity index (χ0) is 37.1. The van der Waals surface area contributed by atoms with Crippen molar-refractivity contribution in [3.63, 3.8) is 0 Å². The number of hydrogen-bond donors (Lipinski definition) is 0. The summed E-state index contributed by atoms with van der Waals surface area (Å²) in [7, 11) is 0. The molecule has 0 unspecified atom stereocenters. The van der Waals surface area contributed by atoms with E-state index >= 15 is 0 Å². The molecule has 0 radical (unpaired) electrons. The number of fused-ring (bicyclic) bond motifs is 5. The maximum atomic E-state index is 5.18. The van der Waals surface area contributed by atoms with E-state index in [1.807, 2.05) is 0 Å². The Balaban J connectivity index is 1.19. The van der Waals surface area contributed by atoms with Crippen LogP contribution in [0.4, 0.5) is 0 Å². The van der Waals surface area contributed by atoms with E-state index in [0.29, 0.717) is 0 Å². The minimum absolute atomic E-state index is 0.499. The Morgan fingerprint density at radius 1 is 0.375 bits per heavy atom. The van der Waals surface area contributed by atoms with Crippen LogP contribution in [0.3, 0.4) is 0 Å². The largest absolute Gasteiger partial charge is 0.292 e. The molecule has 2 nitrogen and oxygen atoms in total. The van der Waals surface area contributed by atoms with Crippen LogP contribution in [0, 0.1) is 0 Å². The van der Waals surface area contributed by atoms with Gasteiger partial charge in [0.25, 0.3) is 0 Å². The average Bonchev–Trinajstić information content (AvgIpc) is 3.81. The van der Waals surface area contributed by atoms with E-state index in [1.54, 1.807) is 0 Å². The van der Waals surface area contributed by atoms with Crippen LogP contribution < -0.4 is 0 Å². The summed E-state index contributed by atoms with van der Waals surface area (Å²) in [5, 5.41) is 2.47. The molecule has 0 saturated heterocycles. The van der Waals surface area contributed by atoms with Gasteiger partial charge in [0, 0.05) is 11.3 Å². The Morgan fingerprint density at radius 2 is 0.964 bits per heavy atom. The van der Waals surface area contributed by atoms with E-state index in [2.05, 4.69) is 223 Å². The fourth-order valence-corrected chi connectivity index (χ4v) is 9.27. The summed E-state index contributed by atoms with van der Waals surface area (Å²) in [5.41, 5.74) is 16.2. The lowest BCUT2D eigenvalue weighted by Gasteiger charge is -2.34. The smallest absolute Gasteiger partial charge is 0.145 e. The summed E-state index contributed by atoms with van der Waals surface area (Å²) in [6.07, 6.45) is 0. The SMILES string of the molecule is c1ccc(-n2c(-c3ccc(-c4cc5c(cc4-c4cccc6ccccc46)-c4ccccc4C5(c4ccccc4)c4ccccc4)cc3)nc3ccccc32)cc1. The quantitative estimate of drug-likeness (QED) is 0.168. The van der Waals surface area contributed by atoms with Crippen molar-refractivity contribution < 1.29 is 0 Å². The number of imidazole rings is 1. The Morgan fingerprint density at radius 3 is 1.73 bits per heavy atom. The predicted octanol–water partition coefficient (Wildman–Crippen LogP) is 13.5. The highest BCUT2D eigenvalue weighted by Gasteiger charge is 2.46. The summed E-state index contributed by atoms with van der Waals surface area (Å²) in [6, 6.07) is 79.5. The molecule has 0 spiro atoms. The standard InChI is InChI=1S/C54H36N2/c1-4-19-40(20-5-1)54(41-21-6-2-7-22-41)49-28-13-12-26-45(49)48-35-47(44-27-16-18-37-17-10-11-25-43(37)44)46(36-50(48)54)38-31-33-39(34-32-38)53-55-51-29-14-15-30-52(51)56(53)42-23-8-3-9-24-42/h1-36H. The lowest BCUT2D eigenvalue weighted by molar-refractivity contribution is 0.769. The van der Waals surface area contributed by atoms with Crippen molar-refractivity contribution in [2.24, 2.45) is 0 Å². The maximum Gasteiger partial charge on any atom is 0.145 e. The van der Waals surface area contributed by atoms with Gasteiger partial charge >= 0.3 is 0 Å². The first-order valence-electron chi connectivity index (χ1n) is 19.3. The lowest BCUT2D eigenvalue weighted by Crippen LogP contribution is -2.28. The van der Waals surface area contributed by atoms with Crippen LogP contribution in [-0.4, -0.2) is 9.55 Å². The molecular weight excluding hydrogens is 677 g/mol. The third kappa shape index (κ3) is 4.86. The van der Waals surface area contributed by atoms with Gasteiger partial charge in [-0.3, -0.25) is 4.57 Å². The number of benzene rings is 9. The Kier molecular flexibility index (Phi) is 7.43. The molecule has 1 aliphatic carbocycles. The molecule has 0 bridgehead atoms. The molecular formula is C54H36N2. The summed E-state index contributed by atoms with van der Waals surface area (Å²) < 4.78 is 2.27.